The molecule has 29 heavy (non-hydrogen) atoms. The first-order valence-corrected chi connectivity index (χ1v) is 10.2. The molecule has 2 aliphatic rings. The van der Waals surface area contributed by atoms with Gasteiger partial charge in [-0.1, -0.05) is 24.3 Å². The number of phenols is 1. The zero-order chi connectivity index (χ0) is 20.4. The molecule has 0 bridgehead atoms. The van der Waals surface area contributed by atoms with Gasteiger partial charge in [0, 0.05) is 30.1 Å². The molecular formula is C21H21BrN4O3. The maximum absolute atomic E-state index is 13.0. The molecule has 8 heteroatoms. The molecule has 2 heterocycles. The van der Waals surface area contributed by atoms with Crippen molar-refractivity contribution in [1.82, 2.24) is 9.80 Å². The highest BCUT2D eigenvalue weighted by Gasteiger charge is 2.31. The van der Waals surface area contributed by atoms with Gasteiger partial charge in [-0.25, -0.2) is 4.79 Å². The van der Waals surface area contributed by atoms with Gasteiger partial charge in [-0.2, -0.15) is 0 Å². The summed E-state index contributed by atoms with van der Waals surface area (Å²) in [6.07, 6.45) is 5.12. The second kappa shape index (κ2) is 8.16. The fraction of sp³-hybridized carbons (Fsp3) is 0.238. The first-order valence-electron chi connectivity index (χ1n) is 9.39. The molecule has 0 aliphatic carbocycles. The lowest BCUT2D eigenvalue weighted by molar-refractivity contribution is 0.0605. The molecule has 2 aliphatic heterocycles. The van der Waals surface area contributed by atoms with Gasteiger partial charge in [-0.05, 0) is 52.8 Å². The lowest BCUT2D eigenvalue weighted by Crippen LogP contribution is -2.51. The van der Waals surface area contributed by atoms with Crippen molar-refractivity contribution in [2.45, 2.75) is 12.5 Å². The molecule has 0 spiro atoms. The Balaban J connectivity index is 1.46. The van der Waals surface area contributed by atoms with E-state index in [1.165, 1.54) is 0 Å². The summed E-state index contributed by atoms with van der Waals surface area (Å²) in [6.45, 7) is 1.99. The molecule has 0 radical (unpaired) electrons. The topological polar surface area (TPSA) is 84.9 Å². The average Bonchev–Trinajstić information content (AvgIpc) is 3.19. The Bertz CT molecular complexity index is 978. The highest BCUT2D eigenvalue weighted by atomic mass is 79.9. The van der Waals surface area contributed by atoms with Gasteiger partial charge in [-0.3, -0.25) is 4.79 Å². The molecule has 150 valence electrons. The Hall–Kier alpha value is -3.00. The number of para-hydroxylation sites is 2. The lowest BCUT2D eigenvalue weighted by atomic mass is 10.1. The van der Waals surface area contributed by atoms with Crippen LogP contribution >= 0.6 is 15.9 Å². The summed E-state index contributed by atoms with van der Waals surface area (Å²) in [5.74, 6) is -0.462. The van der Waals surface area contributed by atoms with Crippen LogP contribution < -0.4 is 10.6 Å². The standard InChI is InChI=1S/C21H21BrN4O3/c22-16-7-1-2-8-17(16)23-21(29)24-18-9-3-6-15(19(18)27)20(28)26-12-11-25-10-4-5-14(25)13-26/h1-4,6-10,14,27H,5,11-13H2,(H2,23,24,29). The molecule has 0 aromatic heterocycles. The second-order valence-electron chi connectivity index (χ2n) is 7.02. The van der Waals surface area contributed by atoms with Gasteiger partial charge in [0.05, 0.1) is 16.9 Å². The van der Waals surface area contributed by atoms with Crippen molar-refractivity contribution in [2.24, 2.45) is 0 Å². The fourth-order valence-electron chi connectivity index (χ4n) is 3.64. The summed E-state index contributed by atoms with van der Waals surface area (Å²) < 4.78 is 0.740. The minimum Gasteiger partial charge on any atom is -0.505 e. The van der Waals surface area contributed by atoms with E-state index in [1.807, 2.05) is 12.1 Å². The normalized spacial score (nSPS) is 17.8. The zero-order valence-electron chi connectivity index (χ0n) is 15.6. The lowest BCUT2D eigenvalue weighted by Gasteiger charge is -2.38. The molecule has 1 fully saturated rings. The number of fused-ring (bicyclic) bond motifs is 1. The number of anilines is 2. The monoisotopic (exact) mass is 456 g/mol. The Morgan fingerprint density at radius 3 is 2.62 bits per heavy atom. The summed E-state index contributed by atoms with van der Waals surface area (Å²) >= 11 is 3.37. The van der Waals surface area contributed by atoms with Gasteiger partial charge in [-0.15, -0.1) is 0 Å². The summed E-state index contributed by atoms with van der Waals surface area (Å²) in [4.78, 5) is 29.3. The van der Waals surface area contributed by atoms with Crippen LogP contribution in [0.25, 0.3) is 0 Å². The average molecular weight is 457 g/mol. The van der Waals surface area contributed by atoms with E-state index >= 15 is 0 Å². The number of hydrogen-bond donors (Lipinski definition) is 3. The minimum absolute atomic E-state index is 0.182. The predicted octanol–water partition coefficient (Wildman–Crippen LogP) is 3.84. The van der Waals surface area contributed by atoms with Crippen molar-refractivity contribution in [2.75, 3.05) is 30.3 Å². The molecule has 0 saturated carbocycles. The van der Waals surface area contributed by atoms with Gasteiger partial charge in [0.25, 0.3) is 5.91 Å². The summed E-state index contributed by atoms with van der Waals surface area (Å²) in [6, 6.07) is 11.8. The zero-order valence-corrected chi connectivity index (χ0v) is 17.2. The second-order valence-corrected chi connectivity index (χ2v) is 7.88. The van der Waals surface area contributed by atoms with Crippen LogP contribution in [0.4, 0.5) is 16.2 Å². The number of nitrogens with one attached hydrogen (secondary N) is 2. The van der Waals surface area contributed by atoms with Crippen LogP contribution in [0.15, 0.2) is 59.2 Å². The van der Waals surface area contributed by atoms with E-state index in [1.54, 1.807) is 35.2 Å². The SMILES string of the molecule is O=C(Nc1ccccc1Br)Nc1cccc(C(=O)N2CCN3C=CCC3C2)c1O. The number of hydrogen-bond acceptors (Lipinski definition) is 4. The molecule has 2 aromatic rings. The number of phenolic OH excluding ortho intramolecular Hbond substituents is 1. The van der Waals surface area contributed by atoms with Gasteiger partial charge in [0.15, 0.2) is 5.75 Å². The van der Waals surface area contributed by atoms with Crippen molar-refractivity contribution < 1.29 is 14.7 Å². The highest BCUT2D eigenvalue weighted by Crippen LogP contribution is 2.30. The van der Waals surface area contributed by atoms with Crippen molar-refractivity contribution in [3.05, 3.63) is 64.8 Å². The Morgan fingerprint density at radius 1 is 1.03 bits per heavy atom. The Kier molecular flexibility index (Phi) is 5.44. The van der Waals surface area contributed by atoms with Crippen molar-refractivity contribution >= 4 is 39.2 Å². The molecule has 1 saturated heterocycles. The number of piperazine rings is 1. The maximum Gasteiger partial charge on any atom is 0.323 e. The number of amides is 3. The molecule has 4 rings (SSSR count). The number of nitrogens with zero attached hydrogens (tertiary/aromatic N) is 2. The smallest absolute Gasteiger partial charge is 0.323 e. The third-order valence-corrected chi connectivity index (χ3v) is 5.85. The largest absolute Gasteiger partial charge is 0.505 e. The molecular weight excluding hydrogens is 436 g/mol. The summed E-state index contributed by atoms with van der Waals surface area (Å²) in [5, 5.41) is 15.9. The highest BCUT2D eigenvalue weighted by molar-refractivity contribution is 9.10. The molecule has 3 N–H and O–H groups in total. The number of urea groups is 1. The Labute approximate surface area is 177 Å². The van der Waals surface area contributed by atoms with Crippen molar-refractivity contribution in [1.29, 1.82) is 0 Å². The fourth-order valence-corrected chi connectivity index (χ4v) is 4.02. The van der Waals surface area contributed by atoms with Gasteiger partial charge in [0.1, 0.15) is 0 Å². The van der Waals surface area contributed by atoms with Crippen molar-refractivity contribution in [3.8, 4) is 5.75 Å². The summed E-state index contributed by atoms with van der Waals surface area (Å²) in [5.41, 5.74) is 0.962. The number of aromatic hydroxyl groups is 1. The molecule has 2 aromatic carbocycles. The van der Waals surface area contributed by atoms with Crippen LogP contribution in [0.3, 0.4) is 0 Å². The number of rotatable bonds is 3. The first-order chi connectivity index (χ1) is 14.0. The molecule has 7 nitrogen and oxygen atoms in total. The number of halogens is 1. The van der Waals surface area contributed by atoms with Crippen LogP contribution in [-0.2, 0) is 0 Å². The number of carbonyl (C=O) groups is 2. The predicted molar refractivity (Wildman–Crippen MR) is 115 cm³/mol. The van der Waals surface area contributed by atoms with Crippen LogP contribution in [0.2, 0.25) is 0 Å². The third-order valence-electron chi connectivity index (χ3n) is 5.16. The van der Waals surface area contributed by atoms with E-state index in [0.29, 0.717) is 24.8 Å². The van der Waals surface area contributed by atoms with Gasteiger partial charge >= 0.3 is 6.03 Å². The minimum atomic E-state index is -0.512. The number of carbonyl (C=O) groups excluding carboxylic acids is 2. The number of benzene rings is 2. The van der Waals surface area contributed by atoms with E-state index in [-0.39, 0.29) is 22.9 Å². The molecule has 1 atom stereocenters. The molecule has 1 unspecified atom stereocenters. The maximum atomic E-state index is 13.0. The van der Waals surface area contributed by atoms with Crippen LogP contribution in [0.5, 0.6) is 5.75 Å². The molecule has 3 amide bonds. The van der Waals surface area contributed by atoms with E-state index in [2.05, 4.69) is 43.7 Å². The van der Waals surface area contributed by atoms with Gasteiger partial charge < -0.3 is 25.5 Å². The summed E-state index contributed by atoms with van der Waals surface area (Å²) in [7, 11) is 0. The van der Waals surface area contributed by atoms with E-state index in [9.17, 15) is 14.7 Å². The van der Waals surface area contributed by atoms with E-state index < -0.39 is 6.03 Å². The van der Waals surface area contributed by atoms with Crippen LogP contribution in [0.1, 0.15) is 16.8 Å². The van der Waals surface area contributed by atoms with E-state index in [4.69, 9.17) is 0 Å². The quantitative estimate of drug-likeness (QED) is 0.612. The third kappa shape index (κ3) is 4.07. The van der Waals surface area contributed by atoms with Crippen LogP contribution in [-0.4, -0.2) is 52.5 Å². The Morgan fingerprint density at radius 2 is 1.79 bits per heavy atom. The first kappa shape index (κ1) is 19.3. The van der Waals surface area contributed by atoms with Gasteiger partial charge in [0.2, 0.25) is 0 Å². The van der Waals surface area contributed by atoms with Crippen LogP contribution in [0, 0.1) is 0 Å². The van der Waals surface area contributed by atoms with Crippen molar-refractivity contribution in [3.63, 3.8) is 0 Å². The van der Waals surface area contributed by atoms with E-state index in [0.717, 1.165) is 17.4 Å².